The van der Waals surface area contributed by atoms with E-state index in [1.54, 1.807) is 12.3 Å². The molecule has 0 fully saturated rings. The molecule has 0 spiro atoms. The zero-order valence-electron chi connectivity index (χ0n) is 12.3. The third-order valence-corrected chi connectivity index (χ3v) is 4.31. The van der Waals surface area contributed by atoms with E-state index in [-0.39, 0.29) is 5.03 Å². The van der Waals surface area contributed by atoms with Crippen LogP contribution in [0.5, 0.6) is 0 Å². The first kappa shape index (κ1) is 15.5. The first-order chi connectivity index (χ1) is 9.99. The normalized spacial score (nSPS) is 12.9. The van der Waals surface area contributed by atoms with Gasteiger partial charge in [-0.2, -0.15) is 0 Å². The van der Waals surface area contributed by atoms with Crippen molar-refractivity contribution >= 4 is 15.5 Å². The molecule has 21 heavy (non-hydrogen) atoms. The van der Waals surface area contributed by atoms with Crippen LogP contribution >= 0.6 is 0 Å². The van der Waals surface area contributed by atoms with Crippen molar-refractivity contribution in [3.05, 3.63) is 54.2 Å². The molecule has 112 valence electrons. The van der Waals surface area contributed by atoms with Crippen LogP contribution in [0, 0.1) is 0 Å². The van der Waals surface area contributed by atoms with Crippen molar-refractivity contribution < 1.29 is 8.42 Å². The topological polar surface area (TPSA) is 59.1 Å². The molecular weight excluding hydrogens is 284 g/mol. The maximum Gasteiger partial charge on any atom is 0.192 e. The molecule has 1 heterocycles. The summed E-state index contributed by atoms with van der Waals surface area (Å²) in [5, 5.41) is 3.50. The molecule has 1 N–H and O–H groups in total. The highest BCUT2D eigenvalue weighted by Crippen LogP contribution is 2.14. The monoisotopic (exact) mass is 304 g/mol. The molecule has 2 aromatic rings. The van der Waals surface area contributed by atoms with Gasteiger partial charge in [-0.15, -0.1) is 0 Å². The SMILES string of the molecule is CCC(Cc1ccccc1)Nc1ccc(S(C)(=O)=O)nc1. The number of aromatic nitrogens is 1. The molecule has 0 aliphatic heterocycles. The third kappa shape index (κ3) is 4.56. The molecule has 2 rings (SSSR count). The Kier molecular flexibility index (Phi) is 4.96. The average Bonchev–Trinajstić information content (AvgIpc) is 2.47. The molecule has 4 nitrogen and oxygen atoms in total. The average molecular weight is 304 g/mol. The van der Waals surface area contributed by atoms with Crippen molar-refractivity contribution in [3.8, 4) is 0 Å². The van der Waals surface area contributed by atoms with Gasteiger partial charge in [-0.1, -0.05) is 37.3 Å². The van der Waals surface area contributed by atoms with Crippen LogP contribution < -0.4 is 5.32 Å². The summed E-state index contributed by atoms with van der Waals surface area (Å²) >= 11 is 0. The van der Waals surface area contributed by atoms with Gasteiger partial charge in [0.25, 0.3) is 0 Å². The molecule has 0 aliphatic carbocycles. The predicted octanol–water partition coefficient (Wildman–Crippen LogP) is 2.92. The van der Waals surface area contributed by atoms with E-state index < -0.39 is 9.84 Å². The number of pyridine rings is 1. The highest BCUT2D eigenvalue weighted by Gasteiger charge is 2.10. The Morgan fingerprint density at radius 1 is 1.14 bits per heavy atom. The first-order valence-electron chi connectivity index (χ1n) is 6.95. The molecule has 1 aromatic heterocycles. The zero-order chi connectivity index (χ0) is 15.3. The molecule has 1 unspecified atom stereocenters. The van der Waals surface area contributed by atoms with E-state index in [4.69, 9.17) is 0 Å². The molecule has 0 radical (unpaired) electrons. The number of nitrogens with one attached hydrogen (secondary N) is 1. The minimum atomic E-state index is -3.24. The van der Waals surface area contributed by atoms with Crippen molar-refractivity contribution in [2.45, 2.75) is 30.8 Å². The second-order valence-electron chi connectivity index (χ2n) is 5.10. The van der Waals surface area contributed by atoms with E-state index in [1.165, 1.54) is 11.6 Å². The third-order valence-electron chi connectivity index (χ3n) is 3.30. The minimum absolute atomic E-state index is 0.101. The summed E-state index contributed by atoms with van der Waals surface area (Å²) in [6, 6.07) is 13.9. The Balaban J connectivity index is 2.05. The van der Waals surface area contributed by atoms with Gasteiger partial charge in [0.05, 0.1) is 11.9 Å². The van der Waals surface area contributed by atoms with Gasteiger partial charge in [0, 0.05) is 12.3 Å². The molecule has 0 saturated carbocycles. The second-order valence-corrected chi connectivity index (χ2v) is 7.06. The predicted molar refractivity (Wildman–Crippen MR) is 85.2 cm³/mol. The Morgan fingerprint density at radius 2 is 1.86 bits per heavy atom. The van der Waals surface area contributed by atoms with Crippen molar-refractivity contribution in [1.82, 2.24) is 4.98 Å². The van der Waals surface area contributed by atoms with Gasteiger partial charge in [0.15, 0.2) is 14.9 Å². The molecule has 0 amide bonds. The van der Waals surface area contributed by atoms with Gasteiger partial charge in [-0.3, -0.25) is 0 Å². The van der Waals surface area contributed by atoms with Gasteiger partial charge in [-0.05, 0) is 30.5 Å². The summed E-state index contributed by atoms with van der Waals surface area (Å²) in [7, 11) is -3.24. The second kappa shape index (κ2) is 6.72. The van der Waals surface area contributed by atoms with Crippen molar-refractivity contribution in [2.75, 3.05) is 11.6 Å². The number of sulfone groups is 1. The number of anilines is 1. The van der Waals surface area contributed by atoms with Gasteiger partial charge >= 0.3 is 0 Å². The lowest BCUT2D eigenvalue weighted by molar-refractivity contribution is 0.598. The highest BCUT2D eigenvalue weighted by molar-refractivity contribution is 7.90. The van der Waals surface area contributed by atoms with Gasteiger partial charge in [0.2, 0.25) is 0 Å². The van der Waals surface area contributed by atoms with Crippen LogP contribution in [-0.2, 0) is 16.3 Å². The van der Waals surface area contributed by atoms with Crippen LogP contribution in [0.3, 0.4) is 0 Å². The number of hydrogen-bond acceptors (Lipinski definition) is 4. The Hall–Kier alpha value is -1.88. The first-order valence-corrected chi connectivity index (χ1v) is 8.84. The number of rotatable bonds is 6. The van der Waals surface area contributed by atoms with Crippen molar-refractivity contribution in [2.24, 2.45) is 0 Å². The summed E-state index contributed by atoms with van der Waals surface area (Å²) in [6.07, 6.45) is 4.63. The molecule has 0 bridgehead atoms. The maximum atomic E-state index is 11.4. The number of benzene rings is 1. The van der Waals surface area contributed by atoms with E-state index in [1.807, 2.05) is 18.2 Å². The largest absolute Gasteiger partial charge is 0.381 e. The lowest BCUT2D eigenvalue weighted by Crippen LogP contribution is -2.21. The number of hydrogen-bond donors (Lipinski definition) is 1. The molecule has 0 saturated heterocycles. The fourth-order valence-corrected chi connectivity index (χ4v) is 2.68. The van der Waals surface area contributed by atoms with E-state index in [0.717, 1.165) is 24.8 Å². The summed E-state index contributed by atoms with van der Waals surface area (Å²) in [5.74, 6) is 0. The standard InChI is InChI=1S/C16H20N2O2S/c1-3-14(11-13-7-5-4-6-8-13)18-15-9-10-16(17-12-15)21(2,19)20/h4-10,12,14,18H,3,11H2,1-2H3. The highest BCUT2D eigenvalue weighted by atomic mass is 32.2. The van der Waals surface area contributed by atoms with E-state index in [9.17, 15) is 8.42 Å². The van der Waals surface area contributed by atoms with Crippen molar-refractivity contribution in [3.63, 3.8) is 0 Å². The lowest BCUT2D eigenvalue weighted by atomic mass is 10.0. The fourth-order valence-electron chi connectivity index (χ4n) is 2.12. The molecule has 5 heteroatoms. The van der Waals surface area contributed by atoms with Crippen LogP contribution in [0.1, 0.15) is 18.9 Å². The van der Waals surface area contributed by atoms with E-state index in [0.29, 0.717) is 6.04 Å². The molecule has 1 atom stereocenters. The molecule has 1 aromatic carbocycles. The van der Waals surface area contributed by atoms with Gasteiger partial charge in [0.1, 0.15) is 0 Å². The molecule has 0 aliphatic rings. The lowest BCUT2D eigenvalue weighted by Gasteiger charge is -2.18. The summed E-state index contributed by atoms with van der Waals surface area (Å²) in [6.45, 7) is 2.12. The smallest absolute Gasteiger partial charge is 0.192 e. The fraction of sp³-hybridized carbons (Fsp3) is 0.312. The van der Waals surface area contributed by atoms with Gasteiger partial charge < -0.3 is 5.32 Å². The van der Waals surface area contributed by atoms with Crippen LogP contribution in [0.2, 0.25) is 0 Å². The molecular formula is C16H20N2O2S. The quantitative estimate of drug-likeness (QED) is 0.891. The number of nitrogens with zero attached hydrogens (tertiary/aromatic N) is 1. The zero-order valence-corrected chi connectivity index (χ0v) is 13.1. The Morgan fingerprint density at radius 3 is 2.38 bits per heavy atom. The van der Waals surface area contributed by atoms with Crippen LogP contribution in [-0.4, -0.2) is 25.7 Å². The Labute approximate surface area is 126 Å². The van der Waals surface area contributed by atoms with Gasteiger partial charge in [-0.25, -0.2) is 13.4 Å². The summed E-state index contributed by atoms with van der Waals surface area (Å²) in [4.78, 5) is 3.99. The summed E-state index contributed by atoms with van der Waals surface area (Å²) < 4.78 is 22.8. The maximum absolute atomic E-state index is 11.4. The van der Waals surface area contributed by atoms with Crippen LogP contribution in [0.4, 0.5) is 5.69 Å². The van der Waals surface area contributed by atoms with Crippen LogP contribution in [0.15, 0.2) is 53.7 Å². The Bertz CT molecular complexity index is 667. The van der Waals surface area contributed by atoms with Crippen LogP contribution in [0.25, 0.3) is 0 Å². The van der Waals surface area contributed by atoms with Crippen molar-refractivity contribution in [1.29, 1.82) is 0 Å². The van der Waals surface area contributed by atoms with E-state index in [2.05, 4.69) is 29.4 Å². The van der Waals surface area contributed by atoms with E-state index >= 15 is 0 Å². The minimum Gasteiger partial charge on any atom is -0.381 e. The summed E-state index contributed by atoms with van der Waals surface area (Å²) in [5.41, 5.74) is 2.11.